The molecule has 0 heterocycles. The largest absolute Gasteiger partial charge is 0.406 e. The van der Waals surface area contributed by atoms with Gasteiger partial charge in [0.25, 0.3) is 0 Å². The summed E-state index contributed by atoms with van der Waals surface area (Å²) in [5, 5.41) is 0.127. The number of hydrogen-bond donors (Lipinski definition) is 0. The minimum Gasteiger partial charge on any atom is -0.406 e. The van der Waals surface area contributed by atoms with Crippen LogP contribution in [-0.4, -0.2) is 20.2 Å². The Morgan fingerprint density at radius 3 is 2.06 bits per heavy atom. The molecule has 0 amide bonds. The Bertz CT molecular complexity index is 329. The standard InChI is InChI=1S/C14H27IO2Si/c1-9-12(15)10(2)13(11(3)16)17-18(7,8)14(4,5)6/h9-10,13H,1-8H3/b12-9+/t10-,13+/m1/s1. The van der Waals surface area contributed by atoms with Gasteiger partial charge in [-0.05, 0) is 58.2 Å². The monoisotopic (exact) mass is 382 g/mol. The summed E-state index contributed by atoms with van der Waals surface area (Å²) in [7, 11) is -1.90. The lowest BCUT2D eigenvalue weighted by molar-refractivity contribution is -0.125. The van der Waals surface area contributed by atoms with Crippen molar-refractivity contribution in [3.8, 4) is 0 Å². The van der Waals surface area contributed by atoms with Crippen molar-refractivity contribution in [2.45, 2.75) is 65.8 Å². The summed E-state index contributed by atoms with van der Waals surface area (Å²) in [6, 6.07) is 0. The molecular weight excluding hydrogens is 355 g/mol. The van der Waals surface area contributed by atoms with Crippen LogP contribution in [0, 0.1) is 5.92 Å². The maximum atomic E-state index is 11.9. The fraction of sp³-hybridized carbons (Fsp3) is 0.786. The highest BCUT2D eigenvalue weighted by Crippen LogP contribution is 2.39. The molecule has 18 heavy (non-hydrogen) atoms. The van der Waals surface area contributed by atoms with Gasteiger partial charge in [-0.25, -0.2) is 0 Å². The van der Waals surface area contributed by atoms with Crippen molar-refractivity contribution in [2.24, 2.45) is 5.92 Å². The highest BCUT2D eigenvalue weighted by atomic mass is 127. The lowest BCUT2D eigenvalue weighted by Gasteiger charge is -2.40. The summed E-state index contributed by atoms with van der Waals surface area (Å²) in [6.45, 7) is 16.7. The van der Waals surface area contributed by atoms with E-state index >= 15 is 0 Å². The lowest BCUT2D eigenvalue weighted by atomic mass is 10.0. The van der Waals surface area contributed by atoms with Crippen LogP contribution in [0.4, 0.5) is 0 Å². The van der Waals surface area contributed by atoms with Gasteiger partial charge in [0, 0.05) is 5.92 Å². The van der Waals surface area contributed by atoms with Crippen molar-refractivity contribution in [3.63, 3.8) is 0 Å². The van der Waals surface area contributed by atoms with Gasteiger partial charge in [0.15, 0.2) is 14.1 Å². The van der Waals surface area contributed by atoms with E-state index in [1.165, 1.54) is 3.58 Å². The van der Waals surface area contributed by atoms with Crippen LogP contribution in [-0.2, 0) is 9.22 Å². The third kappa shape index (κ3) is 4.77. The average Bonchev–Trinajstić information content (AvgIpc) is 2.21. The summed E-state index contributed by atoms with van der Waals surface area (Å²) in [5.74, 6) is 0.269. The van der Waals surface area contributed by atoms with E-state index in [-0.39, 0.29) is 22.8 Å². The molecule has 106 valence electrons. The van der Waals surface area contributed by atoms with Crippen LogP contribution in [0.5, 0.6) is 0 Å². The van der Waals surface area contributed by atoms with Gasteiger partial charge < -0.3 is 4.43 Å². The van der Waals surface area contributed by atoms with Crippen molar-refractivity contribution in [1.82, 2.24) is 0 Å². The Morgan fingerprint density at radius 2 is 1.78 bits per heavy atom. The van der Waals surface area contributed by atoms with Crippen molar-refractivity contribution in [2.75, 3.05) is 0 Å². The first-order valence-electron chi connectivity index (χ1n) is 6.44. The maximum absolute atomic E-state index is 11.9. The SMILES string of the molecule is C/C=C(/I)[C@@H](C)[C@H](O[Si](C)(C)C(C)(C)C)C(C)=O. The van der Waals surface area contributed by atoms with Gasteiger partial charge in [-0.3, -0.25) is 4.79 Å². The molecule has 0 N–H and O–H groups in total. The Kier molecular flexibility index (Phi) is 6.77. The average molecular weight is 382 g/mol. The number of carbonyl (C=O) groups is 1. The van der Waals surface area contributed by atoms with Crippen molar-refractivity contribution in [3.05, 3.63) is 9.66 Å². The topological polar surface area (TPSA) is 26.3 Å². The Hall–Kier alpha value is 0.317. The maximum Gasteiger partial charge on any atom is 0.193 e. The molecule has 0 aromatic rings. The zero-order valence-electron chi connectivity index (χ0n) is 12.9. The van der Waals surface area contributed by atoms with E-state index < -0.39 is 8.32 Å². The molecule has 0 radical (unpaired) electrons. The highest BCUT2D eigenvalue weighted by Gasteiger charge is 2.41. The molecule has 0 aromatic heterocycles. The molecule has 0 aromatic carbocycles. The number of ketones is 1. The van der Waals surface area contributed by atoms with E-state index in [4.69, 9.17) is 4.43 Å². The van der Waals surface area contributed by atoms with Gasteiger partial charge in [0.2, 0.25) is 0 Å². The summed E-state index contributed by atoms with van der Waals surface area (Å²) < 4.78 is 7.48. The molecule has 0 aliphatic heterocycles. The number of Topliss-reactive ketones (excluding diaryl/α,β-unsaturated/α-hetero) is 1. The number of carbonyl (C=O) groups excluding carboxylic acids is 1. The molecule has 0 aliphatic rings. The second-order valence-electron chi connectivity index (χ2n) is 6.37. The van der Waals surface area contributed by atoms with Gasteiger partial charge in [-0.2, -0.15) is 0 Å². The van der Waals surface area contributed by atoms with E-state index in [0.717, 1.165) is 0 Å². The molecule has 0 saturated carbocycles. The van der Waals surface area contributed by atoms with Gasteiger partial charge in [-0.1, -0.05) is 33.8 Å². The Balaban J connectivity index is 5.14. The van der Waals surface area contributed by atoms with Gasteiger partial charge >= 0.3 is 0 Å². The predicted octanol–water partition coefficient (Wildman–Crippen LogP) is 4.94. The highest BCUT2D eigenvalue weighted by molar-refractivity contribution is 14.1. The fourth-order valence-electron chi connectivity index (χ4n) is 1.44. The molecule has 2 atom stereocenters. The molecule has 0 saturated heterocycles. The number of rotatable bonds is 5. The van der Waals surface area contributed by atoms with Crippen LogP contribution in [0.25, 0.3) is 0 Å². The fourth-order valence-corrected chi connectivity index (χ4v) is 3.12. The first-order valence-corrected chi connectivity index (χ1v) is 10.4. The van der Waals surface area contributed by atoms with E-state index in [9.17, 15) is 4.79 Å². The van der Waals surface area contributed by atoms with Crippen molar-refractivity contribution < 1.29 is 9.22 Å². The van der Waals surface area contributed by atoms with Crippen molar-refractivity contribution in [1.29, 1.82) is 0 Å². The van der Waals surface area contributed by atoms with Crippen LogP contribution in [0.1, 0.15) is 41.5 Å². The zero-order valence-corrected chi connectivity index (χ0v) is 16.1. The molecular formula is C14H27IO2Si. The molecule has 0 unspecified atom stereocenters. The smallest absolute Gasteiger partial charge is 0.193 e. The van der Waals surface area contributed by atoms with E-state index in [1.807, 2.05) is 6.92 Å². The minimum atomic E-state index is -1.90. The molecule has 0 bridgehead atoms. The molecule has 4 heteroatoms. The molecule has 0 fully saturated rings. The van der Waals surface area contributed by atoms with Crippen LogP contribution >= 0.6 is 22.6 Å². The second-order valence-corrected chi connectivity index (χ2v) is 12.4. The first-order chi connectivity index (χ1) is 7.94. The molecule has 0 spiro atoms. The van der Waals surface area contributed by atoms with Gasteiger partial charge in [0.1, 0.15) is 6.10 Å². The summed E-state index contributed by atoms with van der Waals surface area (Å²) in [5.41, 5.74) is 0. The van der Waals surface area contributed by atoms with Gasteiger partial charge in [-0.15, -0.1) is 0 Å². The summed E-state index contributed by atoms with van der Waals surface area (Å²) in [4.78, 5) is 11.9. The second kappa shape index (κ2) is 6.66. The summed E-state index contributed by atoms with van der Waals surface area (Å²) >= 11 is 2.30. The van der Waals surface area contributed by atoms with E-state index in [2.05, 4.69) is 69.5 Å². The normalized spacial score (nSPS) is 17.5. The first kappa shape index (κ1) is 18.3. The van der Waals surface area contributed by atoms with E-state index in [0.29, 0.717) is 0 Å². The Labute approximate surface area is 127 Å². The van der Waals surface area contributed by atoms with Crippen molar-refractivity contribution >= 4 is 36.7 Å². The molecule has 0 aliphatic carbocycles. The molecule has 2 nitrogen and oxygen atoms in total. The molecule has 0 rings (SSSR count). The number of halogens is 1. The minimum absolute atomic E-state index is 0.127. The van der Waals surface area contributed by atoms with Crippen LogP contribution < -0.4 is 0 Å². The van der Waals surface area contributed by atoms with Crippen LogP contribution in [0.3, 0.4) is 0 Å². The third-order valence-electron chi connectivity index (χ3n) is 3.79. The zero-order chi connectivity index (χ0) is 14.7. The predicted molar refractivity (Wildman–Crippen MR) is 89.7 cm³/mol. The van der Waals surface area contributed by atoms with Crippen LogP contribution in [0.2, 0.25) is 18.1 Å². The lowest BCUT2D eigenvalue weighted by Crippen LogP contribution is -2.47. The quantitative estimate of drug-likeness (QED) is 0.497. The number of allylic oxidation sites excluding steroid dienone is 1. The third-order valence-corrected chi connectivity index (χ3v) is 9.85. The van der Waals surface area contributed by atoms with E-state index in [1.54, 1.807) is 6.92 Å². The summed E-state index contributed by atoms with van der Waals surface area (Å²) in [6.07, 6.45) is 1.74. The Morgan fingerprint density at radius 1 is 1.33 bits per heavy atom. The number of hydrogen-bond acceptors (Lipinski definition) is 2. The van der Waals surface area contributed by atoms with Gasteiger partial charge in [0.05, 0.1) is 0 Å². The van der Waals surface area contributed by atoms with Crippen LogP contribution in [0.15, 0.2) is 9.66 Å².